The highest BCUT2D eigenvalue weighted by molar-refractivity contribution is 6.31. The molecule has 2 aromatic carbocycles. The number of imide groups is 1. The minimum absolute atomic E-state index is 0.00706. The van der Waals surface area contributed by atoms with E-state index in [1.54, 1.807) is 0 Å². The van der Waals surface area contributed by atoms with Crippen LogP contribution in [0.3, 0.4) is 0 Å². The molecule has 3 amide bonds. The maximum atomic E-state index is 14.2. The molecule has 5 N–H and O–H groups in total. The van der Waals surface area contributed by atoms with E-state index in [9.17, 15) is 44.1 Å². The quantitative estimate of drug-likeness (QED) is 0.0495. The van der Waals surface area contributed by atoms with E-state index in [1.165, 1.54) is 44.6 Å². The summed E-state index contributed by atoms with van der Waals surface area (Å²) in [5.41, 5.74) is 1.62. The number of phenols is 2. The molecule has 9 atom stereocenters. The molecule has 3 saturated heterocycles. The van der Waals surface area contributed by atoms with Crippen molar-refractivity contribution >= 4 is 35.6 Å². The molecule has 19 heteroatoms. The fourth-order valence-corrected chi connectivity index (χ4v) is 9.49. The fourth-order valence-electron chi connectivity index (χ4n) is 9.49. The molecular weight excluding hydrogens is 800 g/mol. The second kappa shape index (κ2) is 17.0. The molecule has 0 spiro atoms. The van der Waals surface area contributed by atoms with Crippen LogP contribution in [0.15, 0.2) is 30.4 Å². The topological polar surface area (TPSA) is 249 Å². The number of carbonyl (C=O) groups is 6. The number of nitrogens with zero attached hydrogens (tertiary/aromatic N) is 2. The highest BCUT2D eigenvalue weighted by Gasteiger charge is 2.55. The number of aromatic hydroxyl groups is 2. The van der Waals surface area contributed by atoms with Crippen molar-refractivity contribution in [2.45, 2.75) is 107 Å². The number of ether oxygens (including phenoxy) is 6. The number of amides is 3. The van der Waals surface area contributed by atoms with E-state index in [4.69, 9.17) is 28.4 Å². The summed E-state index contributed by atoms with van der Waals surface area (Å²) in [6, 6.07) is 2.66. The van der Waals surface area contributed by atoms with Crippen LogP contribution in [-0.2, 0) is 49.3 Å². The second-order valence-corrected chi connectivity index (χ2v) is 16.0. The predicted molar refractivity (Wildman–Crippen MR) is 207 cm³/mol. The third-order valence-electron chi connectivity index (χ3n) is 12.5. The van der Waals surface area contributed by atoms with Crippen LogP contribution in [0.1, 0.15) is 94.5 Å². The highest BCUT2D eigenvalue weighted by atomic mass is 16.7. The van der Waals surface area contributed by atoms with Gasteiger partial charge in [-0.25, -0.2) is 5.43 Å². The molecule has 3 fully saturated rings. The zero-order chi connectivity index (χ0) is 43.3. The van der Waals surface area contributed by atoms with Crippen molar-refractivity contribution in [3.05, 3.63) is 63.7 Å². The lowest BCUT2D eigenvalue weighted by atomic mass is 9.71. The summed E-state index contributed by atoms with van der Waals surface area (Å²) in [4.78, 5) is 80.7. The van der Waals surface area contributed by atoms with Gasteiger partial charge in [0, 0.05) is 80.8 Å². The number of carbonyl (C=O) groups excluding carboxylic acids is 6. The SMILES string of the molecule is COc1cccc2c1C(=O)c1c(O)c3c(c(O)c1C2=O)C[C@@](O)(C(C=O)NNC(=O)CCCCCN1C(=O)C=CC1=O)C[C@@H]3O[C@H]1C[C@H]2[C@H](O[C@@H]3[C@@H](OC)OCCN32)[C@H](C)O1. The molecule has 0 saturated carbocycles. The smallest absolute Gasteiger partial charge is 0.253 e. The molecule has 8 rings (SSSR count). The molecule has 2 aliphatic carbocycles. The third-order valence-corrected chi connectivity index (χ3v) is 12.5. The van der Waals surface area contributed by atoms with Crippen LogP contribution >= 0.6 is 0 Å². The number of morpholine rings is 1. The van der Waals surface area contributed by atoms with Crippen molar-refractivity contribution in [1.82, 2.24) is 20.7 Å². The first-order chi connectivity index (χ1) is 29.3. The first kappa shape index (κ1) is 42.6. The van der Waals surface area contributed by atoms with E-state index in [0.29, 0.717) is 38.7 Å². The zero-order valence-corrected chi connectivity index (χ0v) is 33.8. The summed E-state index contributed by atoms with van der Waals surface area (Å²) < 4.78 is 35.9. The standard InChI is InChI=1S/C42H48N4O15/c1-20-39-23(45-14-15-58-41(57-3)40(45)61-39)16-30(59-20)60-25-18-42(55,26(19-47)43-44-27(48)10-5-4-6-13-46-28(49)11-12-29(46)50)17-22-32(25)38(54)34-33(36(22)52)35(51)21-8-7-9-24(56-2)31(21)37(34)53/h7-9,11-12,19-20,23,25-26,30,39-41,43,52,54-55H,4-6,10,13-18H2,1-3H3,(H,44,48)/t20-,23-,25-,26?,30-,39+,40+,41-,42-/m0/s1. The van der Waals surface area contributed by atoms with E-state index in [0.717, 1.165) is 4.90 Å². The Morgan fingerprint density at radius 3 is 2.49 bits per heavy atom. The maximum absolute atomic E-state index is 14.2. The van der Waals surface area contributed by atoms with Crippen LogP contribution in [-0.4, -0.2) is 143 Å². The first-order valence-corrected chi connectivity index (χ1v) is 20.3. The number of methoxy groups -OCH3 is 2. The van der Waals surface area contributed by atoms with E-state index < -0.39 is 95.6 Å². The molecule has 19 nitrogen and oxygen atoms in total. The molecule has 4 heterocycles. The summed E-state index contributed by atoms with van der Waals surface area (Å²) in [7, 11) is 2.86. The lowest BCUT2D eigenvalue weighted by Crippen LogP contribution is -2.60. The van der Waals surface area contributed by atoms with Crippen LogP contribution in [0.4, 0.5) is 0 Å². The van der Waals surface area contributed by atoms with Gasteiger partial charge in [-0.05, 0) is 25.8 Å². The van der Waals surface area contributed by atoms with Gasteiger partial charge in [-0.15, -0.1) is 0 Å². The van der Waals surface area contributed by atoms with Gasteiger partial charge < -0.3 is 48.5 Å². The van der Waals surface area contributed by atoms with E-state index in [2.05, 4.69) is 15.8 Å². The fraction of sp³-hybridized carbons (Fsp3) is 0.524. The number of nitrogens with one attached hydrogen (secondary N) is 2. The summed E-state index contributed by atoms with van der Waals surface area (Å²) in [5, 5.41) is 36.5. The number of fused-ring (bicyclic) bond motifs is 6. The van der Waals surface area contributed by atoms with Gasteiger partial charge in [-0.1, -0.05) is 18.6 Å². The minimum atomic E-state index is -2.13. The van der Waals surface area contributed by atoms with Gasteiger partial charge in [0.2, 0.25) is 11.7 Å². The Labute approximate surface area is 349 Å². The van der Waals surface area contributed by atoms with Crippen LogP contribution in [0.5, 0.6) is 17.2 Å². The molecule has 4 aliphatic heterocycles. The van der Waals surface area contributed by atoms with E-state index in [-0.39, 0.29) is 71.3 Å². The normalized spacial score (nSPS) is 29.7. The Kier molecular flexibility index (Phi) is 11.8. The van der Waals surface area contributed by atoms with E-state index in [1.807, 2.05) is 6.92 Å². The van der Waals surface area contributed by atoms with Crippen molar-refractivity contribution in [2.24, 2.45) is 0 Å². The average Bonchev–Trinajstić information content (AvgIpc) is 3.79. The number of ketones is 2. The number of hydrazine groups is 1. The summed E-state index contributed by atoms with van der Waals surface area (Å²) >= 11 is 0. The van der Waals surface area contributed by atoms with Gasteiger partial charge in [0.05, 0.1) is 48.2 Å². The molecule has 0 bridgehead atoms. The van der Waals surface area contributed by atoms with Crippen molar-refractivity contribution in [3.63, 3.8) is 0 Å². The second-order valence-electron chi connectivity index (χ2n) is 16.0. The van der Waals surface area contributed by atoms with Crippen molar-refractivity contribution in [3.8, 4) is 17.2 Å². The van der Waals surface area contributed by atoms with Crippen molar-refractivity contribution in [1.29, 1.82) is 0 Å². The van der Waals surface area contributed by atoms with Crippen molar-refractivity contribution in [2.75, 3.05) is 33.9 Å². The summed E-state index contributed by atoms with van der Waals surface area (Å²) in [6.45, 7) is 2.96. The first-order valence-electron chi connectivity index (χ1n) is 20.3. The number of aliphatic hydroxyl groups is 1. The van der Waals surface area contributed by atoms with Gasteiger partial charge >= 0.3 is 0 Å². The molecule has 2 aromatic rings. The Hall–Kier alpha value is -5.12. The van der Waals surface area contributed by atoms with Crippen LogP contribution in [0, 0.1) is 0 Å². The maximum Gasteiger partial charge on any atom is 0.253 e. The Morgan fingerprint density at radius 2 is 1.77 bits per heavy atom. The molecule has 1 unspecified atom stereocenters. The predicted octanol–water partition coefficient (Wildman–Crippen LogP) is 0.824. The monoisotopic (exact) mass is 848 g/mol. The van der Waals surface area contributed by atoms with Gasteiger partial charge in [0.15, 0.2) is 24.6 Å². The lowest BCUT2D eigenvalue weighted by Gasteiger charge is -2.45. The molecule has 0 aromatic heterocycles. The van der Waals surface area contributed by atoms with Gasteiger partial charge in [0.25, 0.3) is 11.8 Å². The van der Waals surface area contributed by atoms with Crippen LogP contribution in [0.25, 0.3) is 0 Å². The van der Waals surface area contributed by atoms with Crippen LogP contribution in [0.2, 0.25) is 0 Å². The number of rotatable bonds is 14. The van der Waals surface area contributed by atoms with Crippen LogP contribution < -0.4 is 15.6 Å². The Morgan fingerprint density at radius 1 is 1.02 bits per heavy atom. The number of hydrogen-bond donors (Lipinski definition) is 5. The molecule has 61 heavy (non-hydrogen) atoms. The van der Waals surface area contributed by atoms with Crippen molar-refractivity contribution < 1.29 is 72.5 Å². The zero-order valence-electron chi connectivity index (χ0n) is 33.8. The number of hydrogen-bond acceptors (Lipinski definition) is 17. The highest BCUT2D eigenvalue weighted by Crippen LogP contribution is 2.53. The van der Waals surface area contributed by atoms with E-state index >= 15 is 0 Å². The number of benzene rings is 2. The molecular formula is C42H48N4O15. The molecule has 0 radical (unpaired) electrons. The Balaban J connectivity index is 1.06. The lowest BCUT2D eigenvalue weighted by molar-refractivity contribution is -0.256. The molecule has 326 valence electrons. The van der Waals surface area contributed by atoms with Gasteiger partial charge in [-0.3, -0.25) is 39.2 Å². The van der Waals surface area contributed by atoms with Gasteiger partial charge in [-0.2, -0.15) is 0 Å². The number of unbranched alkanes of at least 4 members (excludes halogenated alkanes) is 2. The molecule has 6 aliphatic rings. The number of phenolic OH excluding ortho intramolecular Hbond substituents is 2. The third kappa shape index (κ3) is 7.52. The Bertz CT molecular complexity index is 2160. The number of aldehydes is 1. The summed E-state index contributed by atoms with van der Waals surface area (Å²) in [6.07, 6.45) is -0.900. The average molecular weight is 849 g/mol. The minimum Gasteiger partial charge on any atom is -0.507 e. The largest absolute Gasteiger partial charge is 0.507 e. The van der Waals surface area contributed by atoms with Gasteiger partial charge in [0.1, 0.15) is 35.7 Å². The summed E-state index contributed by atoms with van der Waals surface area (Å²) in [5.74, 6) is -4.09.